The van der Waals surface area contributed by atoms with Crippen molar-refractivity contribution < 1.29 is 0 Å². The Morgan fingerprint density at radius 2 is 1.65 bits per heavy atom. The van der Waals surface area contributed by atoms with Gasteiger partial charge in [0.25, 0.3) is 0 Å². The fourth-order valence-electron chi connectivity index (χ4n) is 2.20. The summed E-state index contributed by atoms with van der Waals surface area (Å²) >= 11 is 0. The first-order chi connectivity index (χ1) is 7.99. The van der Waals surface area contributed by atoms with E-state index in [1.807, 2.05) is 33.8 Å². The van der Waals surface area contributed by atoms with Gasteiger partial charge in [0.05, 0.1) is 10.9 Å². The number of hydrogen-bond donors (Lipinski definition) is 1. The summed E-state index contributed by atoms with van der Waals surface area (Å²) in [4.78, 5) is 15.2. The summed E-state index contributed by atoms with van der Waals surface area (Å²) in [6.07, 6.45) is 1.49. The molecule has 0 fully saturated rings. The monoisotopic (exact) mass is 226 g/mol. The van der Waals surface area contributed by atoms with E-state index in [4.69, 9.17) is 5.26 Å². The molecule has 1 N–H and O–H groups in total. The summed E-state index contributed by atoms with van der Waals surface area (Å²) in [5.41, 5.74) is 5.18. The van der Waals surface area contributed by atoms with Crippen LogP contribution in [0, 0.1) is 39.0 Å². The zero-order chi connectivity index (χ0) is 12.7. The second-order valence-electron chi connectivity index (χ2n) is 4.39. The normalized spacial score (nSPS) is 10.5. The summed E-state index contributed by atoms with van der Waals surface area (Å²) in [6.45, 7) is 7.98. The molecule has 3 heteroatoms. The van der Waals surface area contributed by atoms with Gasteiger partial charge in [-0.25, -0.2) is 0 Å². The second-order valence-corrected chi connectivity index (χ2v) is 4.39. The molecule has 0 aliphatic rings. The molecule has 1 aromatic heterocycles. The van der Waals surface area contributed by atoms with Gasteiger partial charge >= 0.3 is 0 Å². The van der Waals surface area contributed by atoms with Gasteiger partial charge < -0.3 is 4.98 Å². The van der Waals surface area contributed by atoms with Crippen molar-refractivity contribution in [1.29, 1.82) is 5.26 Å². The number of benzene rings is 1. The van der Waals surface area contributed by atoms with E-state index >= 15 is 0 Å². The highest BCUT2D eigenvalue weighted by atomic mass is 16.1. The predicted octanol–water partition coefficient (Wildman–Crippen LogP) is 2.63. The number of nitriles is 1. The summed E-state index contributed by atoms with van der Waals surface area (Å²) < 4.78 is 0. The van der Waals surface area contributed by atoms with Crippen molar-refractivity contribution in [2.24, 2.45) is 0 Å². The number of aromatic amines is 1. The molecule has 0 aliphatic carbocycles. The number of nitrogens with one attached hydrogen (secondary N) is 1. The van der Waals surface area contributed by atoms with E-state index in [0.717, 1.165) is 22.2 Å². The predicted molar refractivity (Wildman–Crippen MR) is 68.2 cm³/mol. The first-order valence-corrected chi connectivity index (χ1v) is 5.51. The Morgan fingerprint density at radius 1 is 1.06 bits per heavy atom. The Hall–Kier alpha value is -2.08. The number of H-pyrrole nitrogens is 1. The lowest BCUT2D eigenvalue weighted by Crippen LogP contribution is -2.11. The van der Waals surface area contributed by atoms with Crippen LogP contribution < -0.4 is 5.43 Å². The van der Waals surface area contributed by atoms with Crippen LogP contribution in [0.2, 0.25) is 0 Å². The lowest BCUT2D eigenvalue weighted by atomic mass is 9.94. The van der Waals surface area contributed by atoms with E-state index in [-0.39, 0.29) is 11.0 Å². The van der Waals surface area contributed by atoms with Gasteiger partial charge in [0.15, 0.2) is 0 Å². The molecule has 0 atom stereocenters. The van der Waals surface area contributed by atoms with E-state index in [9.17, 15) is 4.79 Å². The summed E-state index contributed by atoms with van der Waals surface area (Å²) in [5.74, 6) is 0. The van der Waals surface area contributed by atoms with Gasteiger partial charge in [0, 0.05) is 6.20 Å². The highest BCUT2D eigenvalue weighted by Crippen LogP contribution is 2.25. The molecule has 86 valence electrons. The maximum atomic E-state index is 12.2. The third-order valence-corrected chi connectivity index (χ3v) is 3.64. The van der Waals surface area contributed by atoms with Crippen LogP contribution in [0.4, 0.5) is 0 Å². The largest absolute Gasteiger partial charge is 0.359 e. The minimum absolute atomic E-state index is 0.170. The summed E-state index contributed by atoms with van der Waals surface area (Å²) in [6, 6.07) is 1.92. The fraction of sp³-hybridized carbons (Fsp3) is 0.286. The number of aryl methyl sites for hydroxylation is 2. The van der Waals surface area contributed by atoms with E-state index < -0.39 is 0 Å². The molecular formula is C14H14N2O. The topological polar surface area (TPSA) is 56.6 Å². The maximum absolute atomic E-state index is 12.2. The molecule has 2 rings (SSSR count). The van der Waals surface area contributed by atoms with Crippen molar-refractivity contribution in [3.05, 3.63) is 44.2 Å². The average molecular weight is 226 g/mol. The third kappa shape index (κ3) is 1.45. The summed E-state index contributed by atoms with van der Waals surface area (Å²) in [7, 11) is 0. The number of nitrogens with zero attached hydrogens (tertiary/aromatic N) is 1. The minimum Gasteiger partial charge on any atom is -0.359 e. The van der Waals surface area contributed by atoms with Crippen molar-refractivity contribution in [2.75, 3.05) is 0 Å². The number of hydrogen-bond acceptors (Lipinski definition) is 2. The number of fused-ring (bicyclic) bond motifs is 1. The van der Waals surface area contributed by atoms with E-state index in [0.29, 0.717) is 5.39 Å². The molecule has 1 heterocycles. The van der Waals surface area contributed by atoms with Crippen LogP contribution in [-0.4, -0.2) is 4.98 Å². The second kappa shape index (κ2) is 3.74. The van der Waals surface area contributed by atoms with Gasteiger partial charge in [0.1, 0.15) is 11.6 Å². The molecule has 0 unspecified atom stereocenters. The van der Waals surface area contributed by atoms with E-state index in [2.05, 4.69) is 4.98 Å². The van der Waals surface area contributed by atoms with Crippen LogP contribution in [0.15, 0.2) is 11.0 Å². The van der Waals surface area contributed by atoms with Crippen LogP contribution in [0.1, 0.15) is 27.8 Å². The molecule has 0 spiro atoms. The van der Waals surface area contributed by atoms with Crippen LogP contribution in [0.5, 0.6) is 0 Å². The van der Waals surface area contributed by atoms with Crippen LogP contribution >= 0.6 is 0 Å². The fourth-order valence-corrected chi connectivity index (χ4v) is 2.20. The number of rotatable bonds is 0. The third-order valence-electron chi connectivity index (χ3n) is 3.64. The average Bonchev–Trinajstić information content (AvgIpc) is 2.33. The molecule has 1 aromatic carbocycles. The van der Waals surface area contributed by atoms with Crippen molar-refractivity contribution in [3.8, 4) is 6.07 Å². The lowest BCUT2D eigenvalue weighted by Gasteiger charge is -2.13. The van der Waals surface area contributed by atoms with Gasteiger partial charge in [-0.15, -0.1) is 0 Å². The van der Waals surface area contributed by atoms with Gasteiger partial charge in [-0.3, -0.25) is 4.79 Å². The van der Waals surface area contributed by atoms with E-state index in [1.165, 1.54) is 11.8 Å². The lowest BCUT2D eigenvalue weighted by molar-refractivity contribution is 1.21. The number of aromatic nitrogens is 1. The maximum Gasteiger partial charge on any atom is 0.207 e. The van der Waals surface area contributed by atoms with Crippen LogP contribution in [-0.2, 0) is 0 Å². The Bertz CT molecular complexity index is 718. The molecule has 3 nitrogen and oxygen atoms in total. The molecule has 2 aromatic rings. The molecule has 0 saturated heterocycles. The van der Waals surface area contributed by atoms with Crippen molar-refractivity contribution in [3.63, 3.8) is 0 Å². The first-order valence-electron chi connectivity index (χ1n) is 5.51. The Kier molecular flexibility index (Phi) is 2.51. The zero-order valence-corrected chi connectivity index (χ0v) is 10.4. The Morgan fingerprint density at radius 3 is 2.24 bits per heavy atom. The van der Waals surface area contributed by atoms with Gasteiger partial charge in [-0.2, -0.15) is 5.26 Å². The zero-order valence-electron chi connectivity index (χ0n) is 10.4. The van der Waals surface area contributed by atoms with Crippen molar-refractivity contribution in [1.82, 2.24) is 4.98 Å². The van der Waals surface area contributed by atoms with Gasteiger partial charge in [0.2, 0.25) is 5.43 Å². The molecule has 0 amide bonds. The highest BCUT2D eigenvalue weighted by molar-refractivity contribution is 5.88. The molecule has 0 bridgehead atoms. The Labute approximate surface area is 99.7 Å². The molecule has 0 aliphatic heterocycles. The highest BCUT2D eigenvalue weighted by Gasteiger charge is 2.13. The molecular weight excluding hydrogens is 212 g/mol. The minimum atomic E-state index is -0.176. The first kappa shape index (κ1) is 11.4. The van der Waals surface area contributed by atoms with Crippen LogP contribution in [0.3, 0.4) is 0 Å². The quantitative estimate of drug-likeness (QED) is 0.750. The molecule has 17 heavy (non-hydrogen) atoms. The molecule has 0 radical (unpaired) electrons. The van der Waals surface area contributed by atoms with Crippen molar-refractivity contribution in [2.45, 2.75) is 27.7 Å². The summed E-state index contributed by atoms with van der Waals surface area (Å²) in [5, 5.41) is 9.54. The SMILES string of the molecule is Cc1c(C)c(C)c2c(=O)c(C#N)c[nH]c2c1C. The van der Waals surface area contributed by atoms with E-state index in [1.54, 1.807) is 0 Å². The van der Waals surface area contributed by atoms with Gasteiger partial charge in [-0.05, 0) is 49.9 Å². The standard InChI is InChI=1S/C14H14N2O/c1-7-8(2)10(4)13-12(9(7)3)14(17)11(5-15)6-16-13/h6H,1-4H3,(H,16,17). The van der Waals surface area contributed by atoms with Crippen molar-refractivity contribution >= 4 is 10.9 Å². The Balaban J connectivity index is 3.14. The smallest absolute Gasteiger partial charge is 0.207 e. The van der Waals surface area contributed by atoms with Crippen LogP contribution in [0.25, 0.3) is 10.9 Å². The number of pyridine rings is 1. The van der Waals surface area contributed by atoms with Gasteiger partial charge in [-0.1, -0.05) is 0 Å². The molecule has 0 saturated carbocycles.